The van der Waals surface area contributed by atoms with Crippen molar-refractivity contribution in [3.8, 4) is 22.1 Å². The summed E-state index contributed by atoms with van der Waals surface area (Å²) < 4.78 is 26.3. The van der Waals surface area contributed by atoms with Crippen molar-refractivity contribution in [3.63, 3.8) is 0 Å². The summed E-state index contributed by atoms with van der Waals surface area (Å²) in [6.45, 7) is 8.33. The molecule has 1 aromatic carbocycles. The fraction of sp³-hybridized carbons (Fsp3) is 0.280. The minimum absolute atomic E-state index is 0.127. The maximum Gasteiger partial charge on any atom is 0.167 e. The van der Waals surface area contributed by atoms with E-state index < -0.39 is 5.82 Å². The Balaban J connectivity index is 0.00000126. The molecule has 1 saturated heterocycles. The van der Waals surface area contributed by atoms with Crippen LogP contribution in [0.25, 0.3) is 20.8 Å². The Morgan fingerprint density at radius 1 is 1.06 bits per heavy atom. The monoisotopic (exact) mass is 466 g/mol. The van der Waals surface area contributed by atoms with Crippen LogP contribution >= 0.6 is 11.3 Å². The molecule has 172 valence electrons. The maximum absolute atomic E-state index is 14.2. The number of ether oxygens (including phenoxy) is 2. The second-order valence-electron chi connectivity index (χ2n) is 7.37. The zero-order valence-electron chi connectivity index (χ0n) is 18.8. The Morgan fingerprint density at radius 2 is 1.88 bits per heavy atom. The second kappa shape index (κ2) is 10.7. The van der Waals surface area contributed by atoms with Gasteiger partial charge < -0.3 is 15.2 Å². The quantitative estimate of drug-likeness (QED) is 0.379. The van der Waals surface area contributed by atoms with Gasteiger partial charge in [-0.25, -0.2) is 4.39 Å². The summed E-state index contributed by atoms with van der Waals surface area (Å²) in [4.78, 5) is 12.4. The van der Waals surface area contributed by atoms with Crippen molar-refractivity contribution in [1.82, 2.24) is 14.9 Å². The highest BCUT2D eigenvalue weighted by molar-refractivity contribution is 7.22. The number of hydrogen-bond donors (Lipinski definition) is 1. The largest absolute Gasteiger partial charge is 0.453 e. The van der Waals surface area contributed by atoms with Gasteiger partial charge in [-0.3, -0.25) is 14.9 Å². The van der Waals surface area contributed by atoms with E-state index in [1.165, 1.54) is 29.0 Å². The van der Waals surface area contributed by atoms with Crippen LogP contribution in [0, 0.1) is 5.82 Å². The molecule has 8 heteroatoms. The number of halogens is 1. The fourth-order valence-corrected chi connectivity index (χ4v) is 4.56. The minimum Gasteiger partial charge on any atom is -0.453 e. The van der Waals surface area contributed by atoms with Crippen LogP contribution in [0.2, 0.25) is 0 Å². The smallest absolute Gasteiger partial charge is 0.167 e. The highest BCUT2D eigenvalue weighted by atomic mass is 32.1. The number of morpholine rings is 1. The van der Waals surface area contributed by atoms with Crippen molar-refractivity contribution in [2.75, 3.05) is 32.0 Å². The summed E-state index contributed by atoms with van der Waals surface area (Å²) in [5.41, 5.74) is 8.81. The van der Waals surface area contributed by atoms with Crippen LogP contribution in [0.3, 0.4) is 0 Å². The first-order valence-corrected chi connectivity index (χ1v) is 11.8. The van der Waals surface area contributed by atoms with Gasteiger partial charge in [0.1, 0.15) is 5.75 Å². The second-order valence-corrected chi connectivity index (χ2v) is 8.42. The van der Waals surface area contributed by atoms with Gasteiger partial charge in [0.25, 0.3) is 0 Å². The fourth-order valence-electron chi connectivity index (χ4n) is 3.52. The van der Waals surface area contributed by atoms with Gasteiger partial charge in [0.2, 0.25) is 0 Å². The van der Waals surface area contributed by atoms with Crippen LogP contribution in [0.1, 0.15) is 19.4 Å². The van der Waals surface area contributed by atoms with E-state index in [1.54, 1.807) is 18.3 Å². The standard InChI is InChI=1S/C23H21FN4O2S.C2H6/c24-17-11-16(25)2-4-20(17)30-21-5-6-26-19-12-22(31-23(19)21)18-3-1-15(13-27-18)14-28-7-9-29-10-8-28;1-2/h1-6,11-13H,7-10,14,25H2;1-2H3. The van der Waals surface area contributed by atoms with Crippen molar-refractivity contribution in [1.29, 1.82) is 0 Å². The number of nitrogen functional groups attached to an aromatic ring is 1. The molecule has 33 heavy (non-hydrogen) atoms. The molecule has 0 bridgehead atoms. The summed E-state index contributed by atoms with van der Waals surface area (Å²) in [5.74, 6) is 0.176. The van der Waals surface area contributed by atoms with Crippen LogP contribution < -0.4 is 10.5 Å². The summed E-state index contributed by atoms with van der Waals surface area (Å²) in [7, 11) is 0. The lowest BCUT2D eigenvalue weighted by atomic mass is 10.2. The van der Waals surface area contributed by atoms with Crippen molar-refractivity contribution in [3.05, 3.63) is 66.2 Å². The predicted octanol–water partition coefficient (Wildman–Crippen LogP) is 5.73. The van der Waals surface area contributed by atoms with E-state index in [0.717, 1.165) is 53.6 Å². The van der Waals surface area contributed by atoms with Crippen LogP contribution in [0.15, 0.2) is 54.9 Å². The van der Waals surface area contributed by atoms with E-state index in [1.807, 2.05) is 32.2 Å². The number of rotatable bonds is 5. The van der Waals surface area contributed by atoms with Crippen molar-refractivity contribution in [2.45, 2.75) is 20.4 Å². The lowest BCUT2D eigenvalue weighted by molar-refractivity contribution is 0.0341. The SMILES string of the molecule is CC.Nc1ccc(Oc2ccnc3cc(-c4ccc(CN5CCOCC5)cn4)sc23)c(F)c1. The van der Waals surface area contributed by atoms with E-state index in [-0.39, 0.29) is 5.75 Å². The number of nitrogens with zero attached hydrogens (tertiary/aromatic N) is 3. The minimum atomic E-state index is -0.501. The molecule has 4 heterocycles. The number of fused-ring (bicyclic) bond motifs is 1. The highest BCUT2D eigenvalue weighted by Gasteiger charge is 2.14. The van der Waals surface area contributed by atoms with E-state index in [2.05, 4.69) is 20.9 Å². The van der Waals surface area contributed by atoms with E-state index in [9.17, 15) is 4.39 Å². The third-order valence-corrected chi connectivity index (χ3v) is 6.30. The molecule has 0 radical (unpaired) electrons. The summed E-state index contributed by atoms with van der Waals surface area (Å²) >= 11 is 1.52. The lowest BCUT2D eigenvalue weighted by Gasteiger charge is -2.26. The first kappa shape index (κ1) is 23.1. The topological polar surface area (TPSA) is 73.5 Å². The van der Waals surface area contributed by atoms with Crippen LogP contribution in [-0.2, 0) is 11.3 Å². The molecule has 4 aromatic rings. The normalized spacial score (nSPS) is 14.0. The molecule has 0 aliphatic carbocycles. The first-order chi connectivity index (χ1) is 16.2. The lowest BCUT2D eigenvalue weighted by Crippen LogP contribution is -2.35. The summed E-state index contributed by atoms with van der Waals surface area (Å²) in [5, 5.41) is 0. The Hall–Kier alpha value is -3.07. The van der Waals surface area contributed by atoms with Gasteiger partial charge in [0.15, 0.2) is 11.6 Å². The number of anilines is 1. The maximum atomic E-state index is 14.2. The van der Waals surface area contributed by atoms with Crippen molar-refractivity contribution in [2.24, 2.45) is 0 Å². The molecule has 3 aromatic heterocycles. The Morgan fingerprint density at radius 3 is 2.61 bits per heavy atom. The van der Waals surface area contributed by atoms with Gasteiger partial charge in [0.05, 0.1) is 34.0 Å². The van der Waals surface area contributed by atoms with E-state index in [4.69, 9.17) is 15.2 Å². The molecule has 1 aliphatic rings. The number of thiophene rings is 1. The van der Waals surface area contributed by atoms with Gasteiger partial charge >= 0.3 is 0 Å². The molecular weight excluding hydrogens is 439 g/mol. The van der Waals surface area contributed by atoms with Crippen LogP contribution in [-0.4, -0.2) is 41.2 Å². The molecule has 0 unspecified atom stereocenters. The average Bonchev–Trinajstić information content (AvgIpc) is 3.29. The number of nitrogens with two attached hydrogens (primary N) is 1. The molecule has 1 aliphatic heterocycles. The molecule has 0 amide bonds. The van der Waals surface area contributed by atoms with Gasteiger partial charge in [-0.2, -0.15) is 0 Å². The molecule has 0 atom stereocenters. The van der Waals surface area contributed by atoms with Gasteiger partial charge in [-0.05, 0) is 29.8 Å². The zero-order valence-corrected chi connectivity index (χ0v) is 19.6. The molecule has 5 rings (SSSR count). The molecule has 0 spiro atoms. The molecular formula is C25H27FN4O2S. The third kappa shape index (κ3) is 5.47. The first-order valence-electron chi connectivity index (χ1n) is 11.0. The van der Waals surface area contributed by atoms with Gasteiger partial charge in [0, 0.05) is 49.8 Å². The summed E-state index contributed by atoms with van der Waals surface area (Å²) in [6.07, 6.45) is 3.58. The summed E-state index contributed by atoms with van der Waals surface area (Å²) in [6, 6.07) is 12.2. The number of hydrogen-bond acceptors (Lipinski definition) is 7. The predicted molar refractivity (Wildman–Crippen MR) is 131 cm³/mol. The van der Waals surface area contributed by atoms with Crippen molar-refractivity contribution >= 4 is 27.2 Å². The molecule has 2 N–H and O–H groups in total. The van der Waals surface area contributed by atoms with Crippen LogP contribution in [0.4, 0.5) is 10.1 Å². The van der Waals surface area contributed by atoms with Crippen LogP contribution in [0.5, 0.6) is 11.5 Å². The number of benzene rings is 1. The molecule has 0 saturated carbocycles. The van der Waals surface area contributed by atoms with Gasteiger partial charge in [-0.1, -0.05) is 19.9 Å². The van der Waals surface area contributed by atoms with Gasteiger partial charge in [-0.15, -0.1) is 11.3 Å². The number of aromatic nitrogens is 2. The Bertz CT molecular complexity index is 1210. The number of pyridine rings is 2. The Kier molecular flexibility index (Phi) is 7.49. The highest BCUT2D eigenvalue weighted by Crippen LogP contribution is 2.39. The molecule has 1 fully saturated rings. The zero-order chi connectivity index (χ0) is 23.2. The van der Waals surface area contributed by atoms with Crippen molar-refractivity contribution < 1.29 is 13.9 Å². The third-order valence-electron chi connectivity index (χ3n) is 5.14. The average molecular weight is 467 g/mol. The van der Waals surface area contributed by atoms with E-state index in [0.29, 0.717) is 11.4 Å². The molecule has 6 nitrogen and oxygen atoms in total. The Labute approximate surface area is 196 Å². The van der Waals surface area contributed by atoms with E-state index >= 15 is 0 Å².